The minimum absolute atomic E-state index is 0.0134. The molecule has 1 aliphatic rings. The lowest BCUT2D eigenvalue weighted by molar-refractivity contribution is -0.0175. The first-order valence-corrected chi connectivity index (χ1v) is 6.69. The van der Waals surface area contributed by atoms with Crippen molar-refractivity contribution in [3.05, 3.63) is 0 Å². The van der Waals surface area contributed by atoms with Crippen LogP contribution in [0.1, 0.15) is 20.8 Å². The Hall–Kier alpha value is 0.170. The predicted octanol–water partition coefficient (Wildman–Crippen LogP) is 1.66. The molecule has 0 aromatic rings. The second kappa shape index (κ2) is 6.80. The Balaban J connectivity index is 2.08. The summed E-state index contributed by atoms with van der Waals surface area (Å²) < 4.78 is 5.73. The van der Waals surface area contributed by atoms with Gasteiger partial charge in [0.2, 0.25) is 0 Å². The van der Waals surface area contributed by atoms with Crippen LogP contribution in [0.2, 0.25) is 0 Å². The second-order valence-electron chi connectivity index (χ2n) is 5.33. The van der Waals surface area contributed by atoms with Crippen LogP contribution in [0.25, 0.3) is 0 Å². The molecule has 3 nitrogen and oxygen atoms in total. The third-order valence-electron chi connectivity index (χ3n) is 2.81. The molecule has 0 bridgehead atoms. The van der Waals surface area contributed by atoms with Gasteiger partial charge in [-0.05, 0) is 20.8 Å². The molecule has 0 N–H and O–H groups in total. The van der Waals surface area contributed by atoms with Gasteiger partial charge in [-0.25, -0.2) is 0 Å². The molecule has 96 valence electrons. The van der Waals surface area contributed by atoms with Crippen LogP contribution in [0, 0.1) is 0 Å². The van der Waals surface area contributed by atoms with E-state index in [4.69, 9.17) is 16.3 Å². The molecular formula is C12H25ClN2O. The molecule has 0 radical (unpaired) electrons. The van der Waals surface area contributed by atoms with E-state index in [2.05, 4.69) is 30.6 Å². The normalized spacial score (nSPS) is 20.2. The zero-order valence-corrected chi connectivity index (χ0v) is 11.6. The van der Waals surface area contributed by atoms with Crippen molar-refractivity contribution < 1.29 is 4.74 Å². The van der Waals surface area contributed by atoms with Gasteiger partial charge in [-0.3, -0.25) is 9.80 Å². The Morgan fingerprint density at radius 3 is 1.94 bits per heavy atom. The molecule has 1 aliphatic heterocycles. The number of alkyl halides is 1. The molecule has 0 aliphatic carbocycles. The fourth-order valence-electron chi connectivity index (χ4n) is 1.84. The molecule has 0 spiro atoms. The van der Waals surface area contributed by atoms with Gasteiger partial charge in [0, 0.05) is 45.1 Å². The second-order valence-corrected chi connectivity index (χ2v) is 5.71. The first-order chi connectivity index (χ1) is 7.51. The highest BCUT2D eigenvalue weighted by atomic mass is 35.5. The quantitative estimate of drug-likeness (QED) is 0.689. The Labute approximate surface area is 105 Å². The van der Waals surface area contributed by atoms with Crippen LogP contribution < -0.4 is 0 Å². The van der Waals surface area contributed by atoms with Crippen LogP contribution in [-0.4, -0.2) is 67.2 Å². The minimum Gasteiger partial charge on any atom is -0.375 e. The van der Waals surface area contributed by atoms with E-state index in [1.165, 1.54) is 0 Å². The molecule has 16 heavy (non-hydrogen) atoms. The summed E-state index contributed by atoms with van der Waals surface area (Å²) >= 11 is 5.73. The molecule has 0 aromatic heterocycles. The highest BCUT2D eigenvalue weighted by Crippen LogP contribution is 2.07. The molecular weight excluding hydrogens is 224 g/mol. The molecule has 1 saturated heterocycles. The maximum atomic E-state index is 5.73. The monoisotopic (exact) mass is 248 g/mol. The van der Waals surface area contributed by atoms with Gasteiger partial charge < -0.3 is 4.74 Å². The molecule has 0 saturated carbocycles. The molecule has 0 aromatic carbocycles. The average molecular weight is 249 g/mol. The maximum absolute atomic E-state index is 5.73. The molecule has 1 rings (SSSR count). The lowest BCUT2D eigenvalue weighted by Crippen LogP contribution is -2.48. The maximum Gasteiger partial charge on any atom is 0.0600 e. The van der Waals surface area contributed by atoms with E-state index in [0.29, 0.717) is 0 Å². The Bertz CT molecular complexity index is 186. The van der Waals surface area contributed by atoms with Crippen LogP contribution in [0.15, 0.2) is 0 Å². The fraction of sp³-hybridized carbons (Fsp3) is 1.00. The van der Waals surface area contributed by atoms with Crippen molar-refractivity contribution in [2.45, 2.75) is 26.4 Å². The minimum atomic E-state index is -0.0134. The third kappa shape index (κ3) is 6.04. The van der Waals surface area contributed by atoms with Crippen molar-refractivity contribution >= 4 is 11.6 Å². The SMILES string of the molecule is CC(C)(C)OCCN1CCN(CCCl)CC1. The van der Waals surface area contributed by atoms with E-state index < -0.39 is 0 Å². The number of rotatable bonds is 5. The Morgan fingerprint density at radius 1 is 1.00 bits per heavy atom. The van der Waals surface area contributed by atoms with Crippen LogP contribution >= 0.6 is 11.6 Å². The lowest BCUT2D eigenvalue weighted by Gasteiger charge is -2.34. The zero-order valence-electron chi connectivity index (χ0n) is 10.8. The van der Waals surface area contributed by atoms with E-state index in [-0.39, 0.29) is 5.60 Å². The van der Waals surface area contributed by atoms with E-state index in [1.807, 2.05) is 0 Å². The van der Waals surface area contributed by atoms with Crippen LogP contribution in [-0.2, 0) is 4.74 Å². The summed E-state index contributed by atoms with van der Waals surface area (Å²) in [7, 11) is 0. The fourth-order valence-corrected chi connectivity index (χ4v) is 2.08. The Kier molecular flexibility index (Phi) is 6.05. The summed E-state index contributed by atoms with van der Waals surface area (Å²) in [6.07, 6.45) is 0. The molecule has 4 heteroatoms. The van der Waals surface area contributed by atoms with Crippen LogP contribution in [0.3, 0.4) is 0 Å². The van der Waals surface area contributed by atoms with Crippen molar-refractivity contribution in [3.63, 3.8) is 0 Å². The summed E-state index contributed by atoms with van der Waals surface area (Å²) in [6.45, 7) is 13.8. The number of hydrogen-bond acceptors (Lipinski definition) is 3. The third-order valence-corrected chi connectivity index (χ3v) is 2.98. The summed E-state index contributed by atoms with van der Waals surface area (Å²) in [5.41, 5.74) is -0.0134. The highest BCUT2D eigenvalue weighted by molar-refractivity contribution is 6.18. The van der Waals surface area contributed by atoms with Crippen molar-refractivity contribution in [1.82, 2.24) is 9.80 Å². The smallest absolute Gasteiger partial charge is 0.0600 e. The lowest BCUT2D eigenvalue weighted by atomic mass is 10.2. The first kappa shape index (κ1) is 14.2. The van der Waals surface area contributed by atoms with Crippen molar-refractivity contribution in [1.29, 1.82) is 0 Å². The molecule has 0 unspecified atom stereocenters. The van der Waals surface area contributed by atoms with Gasteiger partial charge in [0.05, 0.1) is 12.2 Å². The number of ether oxygens (including phenoxy) is 1. The van der Waals surface area contributed by atoms with Gasteiger partial charge in [0.25, 0.3) is 0 Å². The van der Waals surface area contributed by atoms with Gasteiger partial charge in [-0.1, -0.05) is 0 Å². The first-order valence-electron chi connectivity index (χ1n) is 6.16. The number of nitrogens with zero attached hydrogens (tertiary/aromatic N) is 2. The van der Waals surface area contributed by atoms with E-state index in [0.717, 1.165) is 51.8 Å². The molecule has 1 heterocycles. The van der Waals surface area contributed by atoms with Crippen molar-refractivity contribution in [2.75, 3.05) is 51.8 Å². The van der Waals surface area contributed by atoms with Crippen LogP contribution in [0.5, 0.6) is 0 Å². The average Bonchev–Trinajstić information content (AvgIpc) is 2.19. The van der Waals surface area contributed by atoms with Crippen LogP contribution in [0.4, 0.5) is 0 Å². The van der Waals surface area contributed by atoms with E-state index in [9.17, 15) is 0 Å². The topological polar surface area (TPSA) is 15.7 Å². The number of piperazine rings is 1. The summed E-state index contributed by atoms with van der Waals surface area (Å²) in [6, 6.07) is 0. The van der Waals surface area contributed by atoms with Gasteiger partial charge in [0.15, 0.2) is 0 Å². The molecule has 0 amide bonds. The summed E-state index contributed by atoms with van der Waals surface area (Å²) in [5.74, 6) is 0.743. The zero-order chi connectivity index (χ0) is 12.0. The van der Waals surface area contributed by atoms with Gasteiger partial charge in [-0.2, -0.15) is 0 Å². The number of halogens is 1. The summed E-state index contributed by atoms with van der Waals surface area (Å²) in [5, 5.41) is 0. The summed E-state index contributed by atoms with van der Waals surface area (Å²) in [4.78, 5) is 4.89. The van der Waals surface area contributed by atoms with E-state index >= 15 is 0 Å². The predicted molar refractivity (Wildman–Crippen MR) is 69.3 cm³/mol. The van der Waals surface area contributed by atoms with E-state index in [1.54, 1.807) is 0 Å². The standard InChI is InChI=1S/C12H25ClN2O/c1-12(2,3)16-11-10-15-8-6-14(5-4-13)7-9-15/h4-11H2,1-3H3. The number of hydrogen-bond donors (Lipinski definition) is 0. The largest absolute Gasteiger partial charge is 0.375 e. The van der Waals surface area contributed by atoms with Crippen molar-refractivity contribution in [3.8, 4) is 0 Å². The molecule has 0 atom stereocenters. The highest BCUT2D eigenvalue weighted by Gasteiger charge is 2.17. The van der Waals surface area contributed by atoms with Gasteiger partial charge in [0.1, 0.15) is 0 Å². The molecule has 1 fully saturated rings. The Morgan fingerprint density at radius 2 is 1.50 bits per heavy atom. The van der Waals surface area contributed by atoms with Crippen molar-refractivity contribution in [2.24, 2.45) is 0 Å². The van der Waals surface area contributed by atoms with Gasteiger partial charge >= 0.3 is 0 Å². The van der Waals surface area contributed by atoms with Gasteiger partial charge in [-0.15, -0.1) is 11.6 Å².